The molecule has 1 N–H and O–H groups in total. The van der Waals surface area contributed by atoms with Gasteiger partial charge in [-0.2, -0.15) is 0 Å². The van der Waals surface area contributed by atoms with Crippen LogP contribution in [-0.2, 0) is 9.59 Å². The number of likely N-dealkylation sites (tertiary alicyclic amines) is 1. The van der Waals surface area contributed by atoms with Gasteiger partial charge in [-0.15, -0.1) is 0 Å². The molecule has 0 spiro atoms. The second-order valence-corrected chi connectivity index (χ2v) is 8.07. The number of carbonyl (C=O) groups excluding carboxylic acids is 2. The molecule has 1 fully saturated rings. The molecular formula is C26H31NO6. The van der Waals surface area contributed by atoms with Gasteiger partial charge in [0.1, 0.15) is 11.5 Å². The van der Waals surface area contributed by atoms with Crippen molar-refractivity contribution >= 4 is 17.4 Å². The molecule has 1 aliphatic rings. The van der Waals surface area contributed by atoms with Crippen LogP contribution >= 0.6 is 0 Å². The number of ether oxygens (including phenoxy) is 3. The maximum Gasteiger partial charge on any atom is 0.295 e. The second kappa shape index (κ2) is 9.98. The Morgan fingerprint density at radius 3 is 2.30 bits per heavy atom. The highest BCUT2D eigenvalue weighted by Crippen LogP contribution is 2.46. The fourth-order valence-corrected chi connectivity index (χ4v) is 4.30. The number of methoxy groups -OCH3 is 3. The predicted molar refractivity (Wildman–Crippen MR) is 126 cm³/mol. The Morgan fingerprint density at radius 2 is 1.70 bits per heavy atom. The van der Waals surface area contributed by atoms with Gasteiger partial charge in [0.05, 0.1) is 32.9 Å². The molecule has 0 bridgehead atoms. The zero-order chi connectivity index (χ0) is 24.3. The van der Waals surface area contributed by atoms with Crippen molar-refractivity contribution in [2.24, 2.45) is 0 Å². The van der Waals surface area contributed by atoms with Crippen molar-refractivity contribution in [2.75, 3.05) is 27.9 Å². The summed E-state index contributed by atoms with van der Waals surface area (Å²) in [6.07, 6.45) is 1.57. The molecule has 1 atom stereocenters. The number of benzene rings is 2. The Hall–Kier alpha value is -3.48. The number of hydrogen-bond donors (Lipinski definition) is 1. The summed E-state index contributed by atoms with van der Waals surface area (Å²) in [5, 5.41) is 11.4. The highest BCUT2D eigenvalue weighted by atomic mass is 16.5. The molecule has 2 aromatic carbocycles. The van der Waals surface area contributed by atoms with Gasteiger partial charge in [0.2, 0.25) is 0 Å². The lowest BCUT2D eigenvalue weighted by molar-refractivity contribution is -0.139. The Labute approximate surface area is 194 Å². The molecule has 176 valence electrons. The van der Waals surface area contributed by atoms with E-state index in [0.717, 1.165) is 24.0 Å². The van der Waals surface area contributed by atoms with Gasteiger partial charge in [0.15, 0.2) is 11.5 Å². The summed E-state index contributed by atoms with van der Waals surface area (Å²) in [6.45, 7) is 6.08. The number of aliphatic hydroxyl groups is 1. The molecule has 7 heteroatoms. The topological polar surface area (TPSA) is 85.3 Å². The van der Waals surface area contributed by atoms with Crippen molar-refractivity contribution in [1.29, 1.82) is 0 Å². The van der Waals surface area contributed by atoms with E-state index in [1.165, 1.54) is 19.1 Å². The number of unbranched alkanes of at least 4 members (excludes halogenated alkanes) is 1. The maximum absolute atomic E-state index is 13.2. The lowest BCUT2D eigenvalue weighted by Crippen LogP contribution is -2.30. The standard InChI is InChI=1S/C26H31NO6/c1-7-8-12-27-22(17-10-9-11-19(31-4)25(17)33-6)21(24(29)26(27)30)23(28)18-13-16(3)20(32-5)14-15(18)2/h9-11,13-14,22,28H,7-8,12H2,1-6H3/b23-21+. The van der Waals surface area contributed by atoms with Gasteiger partial charge in [-0.3, -0.25) is 9.59 Å². The molecule has 2 aromatic rings. The number of hydrogen-bond acceptors (Lipinski definition) is 6. The summed E-state index contributed by atoms with van der Waals surface area (Å²) in [4.78, 5) is 27.8. The monoisotopic (exact) mass is 453 g/mol. The van der Waals surface area contributed by atoms with E-state index in [-0.39, 0.29) is 11.3 Å². The number of amides is 1. The molecule has 0 aliphatic carbocycles. The average molecular weight is 454 g/mol. The Kier molecular flexibility index (Phi) is 7.31. The van der Waals surface area contributed by atoms with Gasteiger partial charge in [0.25, 0.3) is 11.7 Å². The van der Waals surface area contributed by atoms with Crippen LogP contribution < -0.4 is 14.2 Å². The fraction of sp³-hybridized carbons (Fsp3) is 0.385. The van der Waals surface area contributed by atoms with E-state index >= 15 is 0 Å². The molecule has 1 saturated heterocycles. The first-order chi connectivity index (χ1) is 15.8. The molecule has 3 rings (SSSR count). The summed E-state index contributed by atoms with van der Waals surface area (Å²) in [6, 6.07) is 8.08. The highest BCUT2D eigenvalue weighted by Gasteiger charge is 2.47. The van der Waals surface area contributed by atoms with Gasteiger partial charge in [0, 0.05) is 17.7 Å². The third kappa shape index (κ3) is 4.27. The number of carbonyl (C=O) groups is 2. The first-order valence-electron chi connectivity index (χ1n) is 11.0. The minimum absolute atomic E-state index is 0.0373. The summed E-state index contributed by atoms with van der Waals surface area (Å²) >= 11 is 0. The lowest BCUT2D eigenvalue weighted by atomic mass is 9.92. The van der Waals surface area contributed by atoms with E-state index < -0.39 is 17.7 Å². The number of nitrogens with zero attached hydrogens (tertiary/aromatic N) is 1. The van der Waals surface area contributed by atoms with E-state index in [4.69, 9.17) is 14.2 Å². The molecule has 33 heavy (non-hydrogen) atoms. The number of aryl methyl sites for hydroxylation is 2. The molecule has 0 aromatic heterocycles. The first kappa shape index (κ1) is 24.2. The van der Waals surface area contributed by atoms with E-state index in [2.05, 4.69) is 0 Å². The lowest BCUT2D eigenvalue weighted by Gasteiger charge is -2.27. The second-order valence-electron chi connectivity index (χ2n) is 8.07. The van der Waals surface area contributed by atoms with E-state index in [0.29, 0.717) is 34.9 Å². The number of Topliss-reactive ketones (excluding diaryl/α,β-unsaturated/α-hetero) is 1. The Morgan fingerprint density at radius 1 is 1.00 bits per heavy atom. The van der Waals surface area contributed by atoms with Crippen LogP contribution in [0, 0.1) is 13.8 Å². The average Bonchev–Trinajstić information content (AvgIpc) is 3.07. The van der Waals surface area contributed by atoms with Gasteiger partial charge in [-0.05, 0) is 49.6 Å². The van der Waals surface area contributed by atoms with Crippen LogP contribution in [0.1, 0.15) is 48.1 Å². The molecule has 0 radical (unpaired) electrons. The van der Waals surface area contributed by atoms with E-state index in [1.807, 2.05) is 20.8 Å². The van der Waals surface area contributed by atoms with E-state index in [1.54, 1.807) is 37.4 Å². The molecule has 1 heterocycles. The third-order valence-electron chi connectivity index (χ3n) is 6.02. The molecule has 1 aliphatic heterocycles. The molecular weight excluding hydrogens is 422 g/mol. The van der Waals surface area contributed by atoms with Crippen LogP contribution in [0.5, 0.6) is 17.2 Å². The summed E-state index contributed by atoms with van der Waals surface area (Å²) in [5.41, 5.74) is 2.63. The molecule has 1 unspecified atom stereocenters. The van der Waals surface area contributed by atoms with Crippen molar-refractivity contribution in [3.05, 3.63) is 58.2 Å². The van der Waals surface area contributed by atoms with Crippen molar-refractivity contribution in [3.63, 3.8) is 0 Å². The van der Waals surface area contributed by atoms with Crippen molar-refractivity contribution in [3.8, 4) is 17.2 Å². The van der Waals surface area contributed by atoms with Crippen LogP contribution in [0.25, 0.3) is 5.76 Å². The summed E-state index contributed by atoms with van der Waals surface area (Å²) < 4.78 is 16.4. The maximum atomic E-state index is 13.2. The van der Waals surface area contributed by atoms with Crippen molar-refractivity contribution < 1.29 is 28.9 Å². The van der Waals surface area contributed by atoms with Crippen molar-refractivity contribution in [1.82, 2.24) is 4.90 Å². The SMILES string of the molecule is CCCCN1C(=O)C(=O)/C(=C(/O)c2cc(C)c(OC)cc2C)C1c1cccc(OC)c1OC. The minimum atomic E-state index is -0.802. The van der Waals surface area contributed by atoms with Gasteiger partial charge in [-0.25, -0.2) is 0 Å². The van der Waals surface area contributed by atoms with Gasteiger partial charge in [-0.1, -0.05) is 25.5 Å². The first-order valence-corrected chi connectivity index (χ1v) is 11.0. The quantitative estimate of drug-likeness (QED) is 0.359. The smallest absolute Gasteiger partial charge is 0.295 e. The summed E-state index contributed by atoms with van der Waals surface area (Å²) in [7, 11) is 4.62. The van der Waals surface area contributed by atoms with E-state index in [9.17, 15) is 14.7 Å². The number of para-hydroxylation sites is 1. The van der Waals surface area contributed by atoms with Crippen LogP contribution in [0.4, 0.5) is 0 Å². The van der Waals surface area contributed by atoms with Crippen LogP contribution in [0.15, 0.2) is 35.9 Å². The number of rotatable bonds is 8. The van der Waals surface area contributed by atoms with Crippen LogP contribution in [-0.4, -0.2) is 49.6 Å². The van der Waals surface area contributed by atoms with Gasteiger partial charge >= 0.3 is 0 Å². The van der Waals surface area contributed by atoms with Crippen LogP contribution in [0.3, 0.4) is 0 Å². The number of aliphatic hydroxyl groups excluding tert-OH is 1. The third-order valence-corrected chi connectivity index (χ3v) is 6.02. The number of ketones is 1. The zero-order valence-electron chi connectivity index (χ0n) is 20.0. The molecule has 7 nitrogen and oxygen atoms in total. The Balaban J connectivity index is 2.30. The van der Waals surface area contributed by atoms with Crippen LogP contribution in [0.2, 0.25) is 0 Å². The highest BCUT2D eigenvalue weighted by molar-refractivity contribution is 6.46. The zero-order valence-corrected chi connectivity index (χ0v) is 20.0. The normalized spacial score (nSPS) is 17.4. The predicted octanol–water partition coefficient (Wildman–Crippen LogP) is 4.55. The Bertz CT molecular complexity index is 1100. The molecule has 0 saturated carbocycles. The summed E-state index contributed by atoms with van der Waals surface area (Å²) in [5.74, 6) is 0.00697. The fourth-order valence-electron chi connectivity index (χ4n) is 4.30. The van der Waals surface area contributed by atoms with Gasteiger partial charge < -0.3 is 24.2 Å². The minimum Gasteiger partial charge on any atom is -0.507 e. The van der Waals surface area contributed by atoms with Crippen molar-refractivity contribution in [2.45, 2.75) is 39.7 Å². The molecule has 1 amide bonds. The largest absolute Gasteiger partial charge is 0.507 e.